The highest BCUT2D eigenvalue weighted by atomic mass is 19.1. The van der Waals surface area contributed by atoms with Crippen LogP contribution in [-0.4, -0.2) is 12.2 Å². The summed E-state index contributed by atoms with van der Waals surface area (Å²) in [6.45, 7) is 4.24. The van der Waals surface area contributed by atoms with E-state index in [0.29, 0.717) is 11.5 Å². The molecule has 2 aromatic carbocycles. The largest absolute Gasteiger partial charge is 0.494 e. The molecule has 0 bridgehead atoms. The van der Waals surface area contributed by atoms with Crippen LogP contribution in [0.25, 0.3) is 0 Å². The van der Waals surface area contributed by atoms with Crippen molar-refractivity contribution in [3.63, 3.8) is 0 Å². The van der Waals surface area contributed by atoms with Gasteiger partial charge in [0.2, 0.25) is 0 Å². The van der Waals surface area contributed by atoms with Gasteiger partial charge in [-0.2, -0.15) is 0 Å². The summed E-state index contributed by atoms with van der Waals surface area (Å²) >= 11 is 0. The molecule has 1 unspecified atom stereocenters. The number of aliphatic hydroxyl groups is 1. The lowest BCUT2D eigenvalue weighted by Crippen LogP contribution is -2.01. The molecule has 0 aliphatic heterocycles. The Morgan fingerprint density at radius 1 is 0.950 bits per heavy atom. The van der Waals surface area contributed by atoms with Gasteiger partial charge in [0.25, 0.3) is 0 Å². The van der Waals surface area contributed by atoms with Crippen molar-refractivity contribution in [2.75, 3.05) is 7.11 Å². The molecule has 0 aliphatic carbocycles. The second-order valence-corrected chi connectivity index (χ2v) is 5.12. The molecule has 106 valence electrons. The predicted octanol–water partition coefficient (Wildman–Crippen LogP) is 4.04. The molecular formula is C17H19FO2. The van der Waals surface area contributed by atoms with E-state index in [1.165, 1.54) is 24.8 Å². The number of benzene rings is 2. The summed E-state index contributed by atoms with van der Waals surface area (Å²) in [6, 6.07) is 12.2. The summed E-state index contributed by atoms with van der Waals surface area (Å²) in [6.07, 6.45) is -0.786. The van der Waals surface area contributed by atoms with Gasteiger partial charge < -0.3 is 9.84 Å². The first-order chi connectivity index (χ1) is 9.52. The number of halogens is 1. The summed E-state index contributed by atoms with van der Waals surface area (Å²) in [7, 11) is 1.41. The van der Waals surface area contributed by atoms with Crippen molar-refractivity contribution in [2.45, 2.75) is 25.9 Å². The first-order valence-electron chi connectivity index (χ1n) is 6.64. The van der Waals surface area contributed by atoms with Crippen LogP contribution in [0.1, 0.15) is 42.6 Å². The number of aliphatic hydroxyl groups excluding tert-OH is 1. The van der Waals surface area contributed by atoms with E-state index in [1.807, 2.05) is 24.3 Å². The van der Waals surface area contributed by atoms with Gasteiger partial charge in [0.15, 0.2) is 11.6 Å². The minimum Gasteiger partial charge on any atom is -0.494 e. The molecule has 3 heteroatoms. The predicted molar refractivity (Wildman–Crippen MR) is 77.5 cm³/mol. The van der Waals surface area contributed by atoms with Crippen molar-refractivity contribution >= 4 is 0 Å². The van der Waals surface area contributed by atoms with Crippen LogP contribution in [0, 0.1) is 5.82 Å². The molecule has 2 nitrogen and oxygen atoms in total. The number of ether oxygens (including phenoxy) is 1. The lowest BCUT2D eigenvalue weighted by atomic mass is 9.97. The van der Waals surface area contributed by atoms with Gasteiger partial charge in [0.1, 0.15) is 6.10 Å². The van der Waals surface area contributed by atoms with Gasteiger partial charge in [-0.25, -0.2) is 4.39 Å². The van der Waals surface area contributed by atoms with Crippen LogP contribution in [0.5, 0.6) is 5.75 Å². The molecule has 0 spiro atoms. The van der Waals surface area contributed by atoms with Crippen LogP contribution in [0.4, 0.5) is 4.39 Å². The Morgan fingerprint density at radius 3 is 2.05 bits per heavy atom. The molecule has 0 amide bonds. The fraction of sp³-hybridized carbons (Fsp3) is 0.294. The van der Waals surface area contributed by atoms with Crippen molar-refractivity contribution in [3.8, 4) is 5.75 Å². The maximum atomic E-state index is 13.4. The minimum atomic E-state index is -0.786. The van der Waals surface area contributed by atoms with Gasteiger partial charge in [0.05, 0.1) is 7.11 Å². The van der Waals surface area contributed by atoms with Crippen LogP contribution in [0.3, 0.4) is 0 Å². The smallest absolute Gasteiger partial charge is 0.165 e. The first kappa shape index (κ1) is 14.5. The van der Waals surface area contributed by atoms with Crippen LogP contribution in [0.2, 0.25) is 0 Å². The Kier molecular flexibility index (Phi) is 4.40. The molecule has 0 aromatic heterocycles. The monoisotopic (exact) mass is 274 g/mol. The highest BCUT2D eigenvalue weighted by Gasteiger charge is 2.13. The molecule has 0 aliphatic rings. The van der Waals surface area contributed by atoms with E-state index in [1.54, 1.807) is 6.07 Å². The summed E-state index contributed by atoms with van der Waals surface area (Å²) in [5, 5.41) is 10.4. The zero-order valence-corrected chi connectivity index (χ0v) is 11.9. The van der Waals surface area contributed by atoms with E-state index in [2.05, 4.69) is 13.8 Å². The normalized spacial score (nSPS) is 12.5. The molecule has 2 rings (SSSR count). The Balaban J connectivity index is 2.28. The molecule has 0 fully saturated rings. The van der Waals surface area contributed by atoms with Gasteiger partial charge >= 0.3 is 0 Å². The topological polar surface area (TPSA) is 29.5 Å². The molecule has 0 radical (unpaired) electrons. The molecule has 0 saturated carbocycles. The molecule has 20 heavy (non-hydrogen) atoms. The van der Waals surface area contributed by atoms with E-state index < -0.39 is 11.9 Å². The highest BCUT2D eigenvalue weighted by Crippen LogP contribution is 2.27. The van der Waals surface area contributed by atoms with E-state index >= 15 is 0 Å². The number of hydrogen-bond acceptors (Lipinski definition) is 2. The van der Waals surface area contributed by atoms with Crippen LogP contribution < -0.4 is 4.74 Å². The van der Waals surface area contributed by atoms with Crippen molar-refractivity contribution in [1.29, 1.82) is 0 Å². The third-order valence-electron chi connectivity index (χ3n) is 3.41. The van der Waals surface area contributed by atoms with Crippen LogP contribution >= 0.6 is 0 Å². The first-order valence-corrected chi connectivity index (χ1v) is 6.64. The summed E-state index contributed by atoms with van der Waals surface area (Å²) in [5.41, 5.74) is 2.61. The summed E-state index contributed by atoms with van der Waals surface area (Å²) in [5.74, 6) is 0.158. The standard InChI is InChI=1S/C17H19FO2/c1-11(2)12-4-6-13(7-5-12)17(19)14-8-9-15(18)16(10-14)20-3/h4-11,17,19H,1-3H3. The Hall–Kier alpha value is -1.87. The SMILES string of the molecule is COc1cc(C(O)c2ccc(C(C)C)cc2)ccc1F. The van der Waals surface area contributed by atoms with E-state index in [4.69, 9.17) is 4.74 Å². The van der Waals surface area contributed by atoms with E-state index in [0.717, 1.165) is 5.56 Å². The number of methoxy groups -OCH3 is 1. The second-order valence-electron chi connectivity index (χ2n) is 5.12. The molecule has 0 heterocycles. The Morgan fingerprint density at radius 2 is 1.50 bits per heavy atom. The average molecular weight is 274 g/mol. The van der Waals surface area contributed by atoms with Crippen LogP contribution in [0.15, 0.2) is 42.5 Å². The van der Waals surface area contributed by atoms with Crippen molar-refractivity contribution < 1.29 is 14.2 Å². The zero-order chi connectivity index (χ0) is 14.7. The fourth-order valence-electron chi connectivity index (χ4n) is 2.10. The molecule has 2 aromatic rings. The third kappa shape index (κ3) is 2.99. The Bertz CT molecular complexity index is 576. The summed E-state index contributed by atoms with van der Waals surface area (Å²) in [4.78, 5) is 0. The maximum Gasteiger partial charge on any atom is 0.165 e. The highest BCUT2D eigenvalue weighted by molar-refractivity contribution is 5.37. The van der Waals surface area contributed by atoms with Gasteiger partial charge in [0, 0.05) is 0 Å². The average Bonchev–Trinajstić information content (AvgIpc) is 2.47. The quantitative estimate of drug-likeness (QED) is 0.911. The second kappa shape index (κ2) is 6.06. The van der Waals surface area contributed by atoms with E-state index in [-0.39, 0.29) is 5.75 Å². The van der Waals surface area contributed by atoms with Gasteiger partial charge in [-0.05, 0) is 34.7 Å². The van der Waals surface area contributed by atoms with Crippen molar-refractivity contribution in [3.05, 3.63) is 65.0 Å². The molecule has 1 N–H and O–H groups in total. The fourth-order valence-corrected chi connectivity index (χ4v) is 2.10. The van der Waals surface area contributed by atoms with Crippen LogP contribution in [-0.2, 0) is 0 Å². The van der Waals surface area contributed by atoms with Crippen molar-refractivity contribution in [2.24, 2.45) is 0 Å². The minimum absolute atomic E-state index is 0.139. The maximum absolute atomic E-state index is 13.4. The summed E-state index contributed by atoms with van der Waals surface area (Å²) < 4.78 is 18.3. The lowest BCUT2D eigenvalue weighted by molar-refractivity contribution is 0.219. The molecule has 0 saturated heterocycles. The van der Waals surface area contributed by atoms with Gasteiger partial charge in [-0.3, -0.25) is 0 Å². The number of hydrogen-bond donors (Lipinski definition) is 1. The van der Waals surface area contributed by atoms with E-state index in [9.17, 15) is 9.50 Å². The lowest BCUT2D eigenvalue weighted by Gasteiger charge is -2.14. The van der Waals surface area contributed by atoms with Gasteiger partial charge in [-0.15, -0.1) is 0 Å². The van der Waals surface area contributed by atoms with Crippen molar-refractivity contribution in [1.82, 2.24) is 0 Å². The number of rotatable bonds is 4. The molecular weight excluding hydrogens is 255 g/mol. The molecule has 1 atom stereocenters. The third-order valence-corrected chi connectivity index (χ3v) is 3.41. The zero-order valence-electron chi connectivity index (χ0n) is 11.9. The van der Waals surface area contributed by atoms with Gasteiger partial charge in [-0.1, -0.05) is 44.2 Å². The Labute approximate surface area is 118 Å².